The molecule has 0 aliphatic heterocycles. The van der Waals surface area contributed by atoms with Crippen LogP contribution in [0.4, 0.5) is 0 Å². The number of carbonyl (C=O) groups excluding carboxylic acids is 1. The molecule has 0 heterocycles. The van der Waals surface area contributed by atoms with Crippen molar-refractivity contribution in [2.45, 2.75) is 19.3 Å². The number of benzene rings is 1. The zero-order valence-electron chi connectivity index (χ0n) is 10.3. The molecule has 1 amide bonds. The van der Waals surface area contributed by atoms with Crippen molar-refractivity contribution in [2.75, 3.05) is 19.5 Å². The molecular weight excluding hydrogens is 293 g/mol. The molecule has 0 N–H and O–H groups in total. The Balaban J connectivity index is 2.54. The third kappa shape index (κ3) is 4.68. The van der Waals surface area contributed by atoms with E-state index in [-0.39, 0.29) is 5.91 Å². The van der Waals surface area contributed by atoms with Crippen LogP contribution in [0.15, 0.2) is 18.2 Å². The molecule has 0 aliphatic rings. The van der Waals surface area contributed by atoms with E-state index in [9.17, 15) is 4.79 Å². The van der Waals surface area contributed by atoms with Gasteiger partial charge in [-0.3, -0.25) is 4.79 Å². The van der Waals surface area contributed by atoms with Crippen molar-refractivity contribution in [3.8, 4) is 0 Å². The number of alkyl halides is 1. The van der Waals surface area contributed by atoms with Gasteiger partial charge in [-0.25, -0.2) is 0 Å². The van der Waals surface area contributed by atoms with Gasteiger partial charge >= 0.3 is 0 Å². The zero-order chi connectivity index (χ0) is 13.5. The van der Waals surface area contributed by atoms with Crippen molar-refractivity contribution in [3.63, 3.8) is 0 Å². The molecule has 0 aliphatic carbocycles. The molecule has 100 valence electrons. The minimum Gasteiger partial charge on any atom is -0.342 e. The van der Waals surface area contributed by atoms with Crippen LogP contribution in [0.25, 0.3) is 0 Å². The number of hydrogen-bond donors (Lipinski definition) is 0. The molecule has 0 spiro atoms. The molecule has 5 heteroatoms. The van der Waals surface area contributed by atoms with Crippen molar-refractivity contribution in [2.24, 2.45) is 0 Å². The Kier molecular flexibility index (Phi) is 6.83. The summed E-state index contributed by atoms with van der Waals surface area (Å²) in [7, 11) is 1.78. The second-order valence-electron chi connectivity index (χ2n) is 4.11. The van der Waals surface area contributed by atoms with Gasteiger partial charge in [0.15, 0.2) is 0 Å². The Hall–Kier alpha value is -0.440. The molecule has 1 aromatic carbocycles. The van der Waals surface area contributed by atoms with E-state index in [4.69, 9.17) is 34.8 Å². The van der Waals surface area contributed by atoms with Crippen LogP contribution in [0, 0.1) is 0 Å². The van der Waals surface area contributed by atoms with E-state index in [1.165, 1.54) is 0 Å². The molecule has 0 fully saturated rings. The topological polar surface area (TPSA) is 20.3 Å². The summed E-state index contributed by atoms with van der Waals surface area (Å²) in [5.41, 5.74) is 0.559. The molecular formula is C13H16Cl3NO. The van der Waals surface area contributed by atoms with Crippen LogP contribution in [0.2, 0.25) is 10.0 Å². The predicted octanol–water partition coefficient (Wildman–Crippen LogP) is 4.47. The van der Waals surface area contributed by atoms with Crippen LogP contribution in [-0.2, 0) is 0 Å². The summed E-state index contributed by atoms with van der Waals surface area (Å²) >= 11 is 17.3. The maximum Gasteiger partial charge on any atom is 0.253 e. The minimum atomic E-state index is -0.0422. The first-order valence-electron chi connectivity index (χ1n) is 5.82. The zero-order valence-corrected chi connectivity index (χ0v) is 12.5. The molecule has 0 bridgehead atoms. The Morgan fingerprint density at radius 2 is 1.89 bits per heavy atom. The Labute approximate surface area is 123 Å². The van der Waals surface area contributed by atoms with Gasteiger partial charge in [-0.1, -0.05) is 29.6 Å². The molecule has 1 rings (SSSR count). The Morgan fingerprint density at radius 1 is 1.17 bits per heavy atom. The molecule has 2 nitrogen and oxygen atoms in total. The van der Waals surface area contributed by atoms with Crippen molar-refractivity contribution in [1.82, 2.24) is 4.90 Å². The average molecular weight is 309 g/mol. The Bertz CT molecular complexity index is 409. The van der Waals surface area contributed by atoms with Crippen LogP contribution in [0.3, 0.4) is 0 Å². The van der Waals surface area contributed by atoms with E-state index in [1.54, 1.807) is 30.1 Å². The van der Waals surface area contributed by atoms with Crippen molar-refractivity contribution >= 4 is 40.7 Å². The Morgan fingerprint density at radius 3 is 2.50 bits per heavy atom. The lowest BCUT2D eigenvalue weighted by Crippen LogP contribution is -2.27. The first-order chi connectivity index (χ1) is 8.56. The average Bonchev–Trinajstić information content (AvgIpc) is 2.37. The maximum atomic E-state index is 12.1. The summed E-state index contributed by atoms with van der Waals surface area (Å²) in [6.45, 7) is 0.718. The third-order valence-electron chi connectivity index (χ3n) is 2.64. The highest BCUT2D eigenvalue weighted by Crippen LogP contribution is 2.23. The largest absolute Gasteiger partial charge is 0.342 e. The van der Waals surface area contributed by atoms with Crippen molar-refractivity contribution in [1.29, 1.82) is 0 Å². The molecule has 0 atom stereocenters. The second-order valence-corrected chi connectivity index (χ2v) is 5.30. The standard InChI is InChI=1S/C13H16Cl3NO/c1-17(8-4-2-3-7-14)13(18)10-5-6-11(15)12(16)9-10/h5-6,9H,2-4,7-8H2,1H3. The number of hydrogen-bond acceptors (Lipinski definition) is 1. The van der Waals surface area contributed by atoms with E-state index < -0.39 is 0 Å². The van der Waals surface area contributed by atoms with Gasteiger partial charge in [0.1, 0.15) is 0 Å². The number of carbonyl (C=O) groups is 1. The molecule has 0 aromatic heterocycles. The highest BCUT2D eigenvalue weighted by Gasteiger charge is 2.12. The molecule has 0 saturated carbocycles. The molecule has 0 saturated heterocycles. The van der Waals surface area contributed by atoms with Gasteiger partial charge in [-0.2, -0.15) is 0 Å². The van der Waals surface area contributed by atoms with Crippen molar-refractivity contribution in [3.05, 3.63) is 33.8 Å². The van der Waals surface area contributed by atoms with Gasteiger partial charge in [-0.15, -0.1) is 11.6 Å². The van der Waals surface area contributed by atoms with Crippen molar-refractivity contribution < 1.29 is 4.79 Å². The maximum absolute atomic E-state index is 12.1. The van der Waals surface area contributed by atoms with Gasteiger partial charge in [0.25, 0.3) is 5.91 Å². The van der Waals surface area contributed by atoms with Crippen LogP contribution in [0.5, 0.6) is 0 Å². The van der Waals surface area contributed by atoms with Crippen LogP contribution in [0.1, 0.15) is 29.6 Å². The number of amides is 1. The van der Waals surface area contributed by atoms with Gasteiger partial charge in [0.2, 0.25) is 0 Å². The fourth-order valence-electron chi connectivity index (χ4n) is 1.57. The van der Waals surface area contributed by atoms with Crippen LogP contribution in [-0.4, -0.2) is 30.3 Å². The molecule has 0 radical (unpaired) electrons. The summed E-state index contributed by atoms with van der Waals surface area (Å²) in [5.74, 6) is 0.629. The monoisotopic (exact) mass is 307 g/mol. The molecule has 0 unspecified atom stereocenters. The van der Waals surface area contributed by atoms with Gasteiger partial charge in [0.05, 0.1) is 10.0 Å². The first-order valence-corrected chi connectivity index (χ1v) is 7.11. The van der Waals surface area contributed by atoms with Crippen LogP contribution >= 0.6 is 34.8 Å². The number of nitrogens with zero attached hydrogens (tertiary/aromatic N) is 1. The van der Waals surface area contributed by atoms with Gasteiger partial charge in [0, 0.05) is 25.0 Å². The van der Waals surface area contributed by atoms with Gasteiger partial charge in [-0.05, 0) is 31.0 Å². The van der Waals surface area contributed by atoms with E-state index >= 15 is 0 Å². The normalized spacial score (nSPS) is 10.4. The quantitative estimate of drug-likeness (QED) is 0.560. The fourth-order valence-corrected chi connectivity index (χ4v) is 2.06. The second kappa shape index (κ2) is 7.88. The summed E-state index contributed by atoms with van der Waals surface area (Å²) in [6, 6.07) is 4.92. The SMILES string of the molecule is CN(CCCCCCl)C(=O)c1ccc(Cl)c(Cl)c1. The summed E-state index contributed by atoms with van der Waals surface area (Å²) in [5, 5.41) is 0.857. The van der Waals surface area contributed by atoms with Gasteiger partial charge < -0.3 is 4.90 Å². The van der Waals surface area contributed by atoms with E-state index in [2.05, 4.69) is 0 Å². The highest BCUT2D eigenvalue weighted by atomic mass is 35.5. The lowest BCUT2D eigenvalue weighted by Gasteiger charge is -2.17. The highest BCUT2D eigenvalue weighted by molar-refractivity contribution is 6.42. The molecule has 18 heavy (non-hydrogen) atoms. The number of unbranched alkanes of at least 4 members (excludes halogenated alkanes) is 2. The first kappa shape index (κ1) is 15.6. The fraction of sp³-hybridized carbons (Fsp3) is 0.462. The molecule has 1 aromatic rings. The summed E-state index contributed by atoms with van der Waals surface area (Å²) in [4.78, 5) is 13.8. The number of rotatable bonds is 6. The summed E-state index contributed by atoms with van der Waals surface area (Å²) in [6.07, 6.45) is 2.97. The van der Waals surface area contributed by atoms with E-state index in [0.29, 0.717) is 21.5 Å². The minimum absolute atomic E-state index is 0.0422. The van der Waals surface area contributed by atoms with E-state index in [1.807, 2.05) is 0 Å². The lowest BCUT2D eigenvalue weighted by atomic mass is 10.2. The lowest BCUT2D eigenvalue weighted by molar-refractivity contribution is 0.0792. The summed E-state index contributed by atoms with van der Waals surface area (Å²) < 4.78 is 0. The third-order valence-corrected chi connectivity index (χ3v) is 3.65. The van der Waals surface area contributed by atoms with E-state index in [0.717, 1.165) is 25.8 Å². The smallest absolute Gasteiger partial charge is 0.253 e. The number of halogens is 3. The predicted molar refractivity (Wildman–Crippen MR) is 78.0 cm³/mol. The van der Waals surface area contributed by atoms with Crippen LogP contribution < -0.4 is 0 Å².